The highest BCUT2D eigenvalue weighted by molar-refractivity contribution is 5.97. The number of hydrogen-bond donors (Lipinski definition) is 1. The molecule has 6 heteroatoms. The third-order valence-corrected chi connectivity index (χ3v) is 7.61. The zero-order valence-corrected chi connectivity index (χ0v) is 19.3. The van der Waals surface area contributed by atoms with Crippen LogP contribution in [-0.2, 0) is 4.74 Å². The molecule has 1 amide bonds. The molecule has 2 bridgehead atoms. The zero-order valence-electron chi connectivity index (χ0n) is 19.3. The fraction of sp³-hybridized carbons (Fsp3) is 0.615. The number of amides is 1. The molecular formula is C26H35N3O3. The summed E-state index contributed by atoms with van der Waals surface area (Å²) in [5.41, 5.74) is 0.925. The number of carbonyl (C=O) groups is 1. The number of fused-ring (bicyclic) bond motifs is 3. The van der Waals surface area contributed by atoms with E-state index in [4.69, 9.17) is 4.74 Å². The van der Waals surface area contributed by atoms with Crippen molar-refractivity contribution in [2.45, 2.75) is 89.1 Å². The number of carbonyl (C=O) groups excluding carboxylic acids is 1. The molecule has 1 aromatic heterocycles. The first-order chi connectivity index (χ1) is 15.5. The molecule has 4 atom stereocenters. The predicted octanol–water partition coefficient (Wildman–Crippen LogP) is 3.88. The highest BCUT2D eigenvalue weighted by Crippen LogP contribution is 2.36. The molecule has 1 N–H and O–H groups in total. The van der Waals surface area contributed by atoms with Crippen LogP contribution in [0, 0.1) is 0 Å². The summed E-state index contributed by atoms with van der Waals surface area (Å²) in [6, 6.07) is 10.7. The molecule has 0 spiro atoms. The van der Waals surface area contributed by atoms with Gasteiger partial charge in [0.05, 0.1) is 11.6 Å². The van der Waals surface area contributed by atoms with Gasteiger partial charge in [0.1, 0.15) is 5.56 Å². The van der Waals surface area contributed by atoms with Crippen molar-refractivity contribution in [1.82, 2.24) is 14.8 Å². The zero-order chi connectivity index (χ0) is 22.2. The first-order valence-corrected chi connectivity index (χ1v) is 12.3. The van der Waals surface area contributed by atoms with Crippen molar-refractivity contribution < 1.29 is 9.53 Å². The van der Waals surface area contributed by atoms with E-state index in [9.17, 15) is 9.59 Å². The molecule has 3 fully saturated rings. The van der Waals surface area contributed by atoms with E-state index < -0.39 is 0 Å². The molecule has 0 radical (unpaired) electrons. The van der Waals surface area contributed by atoms with Gasteiger partial charge in [-0.05, 0) is 76.3 Å². The number of hydrogen-bond acceptors (Lipinski definition) is 4. The van der Waals surface area contributed by atoms with Gasteiger partial charge in [-0.2, -0.15) is 0 Å². The molecule has 2 aromatic rings. The molecule has 32 heavy (non-hydrogen) atoms. The maximum absolute atomic E-state index is 13.2. The second-order valence-corrected chi connectivity index (χ2v) is 10.1. The Bertz CT molecular complexity index is 1030. The van der Waals surface area contributed by atoms with E-state index >= 15 is 0 Å². The lowest BCUT2D eigenvalue weighted by atomic mass is 9.95. The van der Waals surface area contributed by atoms with Crippen molar-refractivity contribution in [2.24, 2.45) is 0 Å². The Hall–Kier alpha value is -2.18. The summed E-state index contributed by atoms with van der Waals surface area (Å²) in [6.45, 7) is 5.89. The van der Waals surface area contributed by atoms with Gasteiger partial charge in [-0.15, -0.1) is 0 Å². The molecule has 6 nitrogen and oxygen atoms in total. The number of nitrogens with one attached hydrogen (secondary N) is 1. The van der Waals surface area contributed by atoms with Gasteiger partial charge in [0, 0.05) is 37.3 Å². The molecule has 5 rings (SSSR count). The van der Waals surface area contributed by atoms with Crippen LogP contribution >= 0.6 is 0 Å². The van der Waals surface area contributed by atoms with Gasteiger partial charge in [-0.1, -0.05) is 18.2 Å². The van der Waals surface area contributed by atoms with Crippen LogP contribution in [0.2, 0.25) is 0 Å². The van der Waals surface area contributed by atoms with E-state index in [0.29, 0.717) is 18.2 Å². The van der Waals surface area contributed by atoms with Gasteiger partial charge in [-0.25, -0.2) is 0 Å². The summed E-state index contributed by atoms with van der Waals surface area (Å²) in [5, 5.41) is 4.15. The molecule has 4 heterocycles. The first kappa shape index (κ1) is 21.7. The number of piperidine rings is 1. The number of rotatable bonds is 5. The number of aromatic nitrogens is 1. The summed E-state index contributed by atoms with van der Waals surface area (Å²) >= 11 is 0. The van der Waals surface area contributed by atoms with E-state index in [-0.39, 0.29) is 29.1 Å². The fourth-order valence-electron chi connectivity index (χ4n) is 6.10. The monoisotopic (exact) mass is 437 g/mol. The molecule has 3 aliphatic heterocycles. The smallest absolute Gasteiger partial charge is 0.264 e. The van der Waals surface area contributed by atoms with Crippen LogP contribution in [0.1, 0.15) is 75.2 Å². The fourth-order valence-corrected chi connectivity index (χ4v) is 6.10. The van der Waals surface area contributed by atoms with Gasteiger partial charge in [0.25, 0.3) is 11.5 Å². The van der Waals surface area contributed by atoms with Crippen molar-refractivity contribution >= 4 is 16.8 Å². The Balaban J connectivity index is 1.31. The standard InChI is InChI=1S/C26H35N3O3/c1-17(2)29-24-9-4-3-7-18(24)13-23(26(29)31)25(30)27-19-14-20-10-11-21(15-19)28(20)16-22-8-5-6-12-32-22/h3-4,7,9,13,17,19-22H,5-6,8,10-12,14-16H2,1-2H3,(H,27,30)/t19?,20-,21+,22?. The first-order valence-electron chi connectivity index (χ1n) is 12.3. The predicted molar refractivity (Wildman–Crippen MR) is 126 cm³/mol. The van der Waals surface area contributed by atoms with Crippen LogP contribution in [0.3, 0.4) is 0 Å². The minimum Gasteiger partial charge on any atom is -0.377 e. The van der Waals surface area contributed by atoms with Crippen LogP contribution in [-0.4, -0.2) is 52.8 Å². The van der Waals surface area contributed by atoms with E-state index in [1.807, 2.05) is 38.1 Å². The Kier molecular flexibility index (Phi) is 6.08. The van der Waals surface area contributed by atoms with Crippen molar-refractivity contribution in [1.29, 1.82) is 0 Å². The quantitative estimate of drug-likeness (QED) is 0.771. The van der Waals surface area contributed by atoms with Crippen molar-refractivity contribution in [3.05, 3.63) is 46.2 Å². The lowest BCUT2D eigenvalue weighted by Gasteiger charge is -2.41. The molecule has 1 aromatic carbocycles. The van der Waals surface area contributed by atoms with Crippen LogP contribution in [0.25, 0.3) is 10.9 Å². The minimum absolute atomic E-state index is 0.0127. The van der Waals surface area contributed by atoms with Gasteiger partial charge in [0.15, 0.2) is 0 Å². The average molecular weight is 438 g/mol. The van der Waals surface area contributed by atoms with E-state index in [2.05, 4.69) is 10.2 Å². The average Bonchev–Trinajstić information content (AvgIpc) is 3.01. The van der Waals surface area contributed by atoms with Crippen LogP contribution in [0.15, 0.2) is 35.1 Å². The van der Waals surface area contributed by atoms with Crippen LogP contribution in [0.5, 0.6) is 0 Å². The number of nitrogens with zero attached hydrogens (tertiary/aromatic N) is 2. The van der Waals surface area contributed by atoms with Crippen molar-refractivity contribution in [3.8, 4) is 0 Å². The molecule has 0 aliphatic carbocycles. The summed E-state index contributed by atoms with van der Waals surface area (Å²) in [4.78, 5) is 29.1. The van der Waals surface area contributed by atoms with Crippen LogP contribution in [0.4, 0.5) is 0 Å². The highest BCUT2D eigenvalue weighted by Gasteiger charge is 2.42. The summed E-state index contributed by atoms with van der Waals surface area (Å²) in [7, 11) is 0. The molecule has 2 unspecified atom stereocenters. The maximum Gasteiger partial charge on any atom is 0.264 e. The van der Waals surface area contributed by atoms with Gasteiger partial charge < -0.3 is 14.6 Å². The molecule has 0 saturated carbocycles. The Morgan fingerprint density at radius 1 is 1.12 bits per heavy atom. The summed E-state index contributed by atoms with van der Waals surface area (Å²) < 4.78 is 7.72. The van der Waals surface area contributed by atoms with Gasteiger partial charge >= 0.3 is 0 Å². The highest BCUT2D eigenvalue weighted by atomic mass is 16.5. The van der Waals surface area contributed by atoms with E-state index in [1.54, 1.807) is 10.6 Å². The van der Waals surface area contributed by atoms with Gasteiger partial charge in [-0.3, -0.25) is 14.5 Å². The van der Waals surface area contributed by atoms with Crippen molar-refractivity contribution in [2.75, 3.05) is 13.2 Å². The topological polar surface area (TPSA) is 63.6 Å². The van der Waals surface area contributed by atoms with Crippen molar-refractivity contribution in [3.63, 3.8) is 0 Å². The second-order valence-electron chi connectivity index (χ2n) is 10.1. The van der Waals surface area contributed by atoms with Gasteiger partial charge in [0.2, 0.25) is 0 Å². The number of ether oxygens (including phenoxy) is 1. The SMILES string of the molecule is CC(C)n1c(=O)c(C(=O)NC2C[C@H]3CC[C@@H](C2)N3CC2CCCCO2)cc2ccccc21. The second kappa shape index (κ2) is 8.99. The Labute approximate surface area is 189 Å². The number of benzene rings is 1. The third-order valence-electron chi connectivity index (χ3n) is 7.61. The van der Waals surface area contributed by atoms with E-state index in [0.717, 1.165) is 36.9 Å². The lowest BCUT2D eigenvalue weighted by Crippen LogP contribution is -2.53. The summed E-state index contributed by atoms with van der Waals surface area (Å²) in [6.07, 6.45) is 8.30. The largest absolute Gasteiger partial charge is 0.377 e. The third kappa shape index (κ3) is 4.11. The summed E-state index contributed by atoms with van der Waals surface area (Å²) in [5.74, 6) is -0.233. The molecule has 172 valence electrons. The number of pyridine rings is 1. The number of para-hydroxylation sites is 1. The lowest BCUT2D eigenvalue weighted by molar-refractivity contribution is -0.0240. The normalized spacial score (nSPS) is 28.3. The Morgan fingerprint density at radius 2 is 1.88 bits per heavy atom. The Morgan fingerprint density at radius 3 is 2.56 bits per heavy atom. The molecule has 3 saturated heterocycles. The van der Waals surface area contributed by atoms with Crippen LogP contribution < -0.4 is 10.9 Å². The molecular weight excluding hydrogens is 402 g/mol. The van der Waals surface area contributed by atoms with E-state index in [1.165, 1.54) is 32.1 Å². The maximum atomic E-state index is 13.2. The minimum atomic E-state index is -0.233. The molecule has 3 aliphatic rings.